The molecule has 1 amide bonds. The number of likely N-dealkylation sites (N-methyl/N-ethyl adjacent to an activating group) is 1. The summed E-state index contributed by atoms with van der Waals surface area (Å²) in [5, 5.41) is 3.28. The predicted molar refractivity (Wildman–Crippen MR) is 79.8 cm³/mol. The summed E-state index contributed by atoms with van der Waals surface area (Å²) in [5.74, 6) is 0.124. The normalized spacial score (nSPS) is 18.6. The maximum absolute atomic E-state index is 12.2. The van der Waals surface area contributed by atoms with Crippen molar-refractivity contribution in [3.63, 3.8) is 0 Å². The molecule has 0 bridgehead atoms. The van der Waals surface area contributed by atoms with Gasteiger partial charge in [-0.05, 0) is 47.7 Å². The molecular weight excluding hydrogens is 351 g/mol. The summed E-state index contributed by atoms with van der Waals surface area (Å²) in [5.41, 5.74) is 0.803. The van der Waals surface area contributed by atoms with E-state index < -0.39 is 0 Å². The average Bonchev–Trinajstić information content (AvgIpc) is 2.81. The van der Waals surface area contributed by atoms with Gasteiger partial charge in [-0.15, -0.1) is 12.4 Å². The van der Waals surface area contributed by atoms with Gasteiger partial charge in [0.05, 0.1) is 5.56 Å². The van der Waals surface area contributed by atoms with Crippen LogP contribution < -0.4 is 5.32 Å². The summed E-state index contributed by atoms with van der Waals surface area (Å²) in [6, 6.07) is 8.06. The number of nitrogens with one attached hydrogen (secondary N) is 1. The summed E-state index contributed by atoms with van der Waals surface area (Å²) in [6.45, 7) is 1.92. The summed E-state index contributed by atoms with van der Waals surface area (Å²) in [4.78, 5) is 14.1. The second kappa shape index (κ2) is 6.56. The van der Waals surface area contributed by atoms with Crippen molar-refractivity contribution in [3.05, 3.63) is 33.4 Å². The Morgan fingerprint density at radius 2 is 2.18 bits per heavy atom. The van der Waals surface area contributed by atoms with Crippen molar-refractivity contribution in [1.29, 1.82) is 0 Å². The first-order valence-corrected chi connectivity index (χ1v) is 6.50. The average molecular weight is 367 g/mol. The lowest BCUT2D eigenvalue weighted by Crippen LogP contribution is -2.38. The van der Waals surface area contributed by atoms with Gasteiger partial charge in [0.15, 0.2) is 0 Å². The van der Waals surface area contributed by atoms with Gasteiger partial charge in [0.25, 0.3) is 5.91 Å². The van der Waals surface area contributed by atoms with Crippen molar-refractivity contribution in [2.45, 2.75) is 12.5 Å². The predicted octanol–water partition coefficient (Wildman–Crippen LogP) is 2.15. The highest BCUT2D eigenvalue weighted by Gasteiger charge is 2.24. The molecule has 1 aliphatic rings. The standard InChI is InChI=1S/C12H15IN2O.ClH/c1-15(9-6-7-14-8-9)12(16)10-4-2-3-5-11(10)13;/h2-5,9,14H,6-8H2,1H3;1H/t9-;/m1./s1. The van der Waals surface area contributed by atoms with E-state index in [4.69, 9.17) is 0 Å². The Labute approximate surface area is 122 Å². The SMILES string of the molecule is CN(C(=O)c1ccccc1I)[C@@H]1CCNC1.Cl. The lowest BCUT2D eigenvalue weighted by atomic mass is 10.1. The molecule has 1 saturated heterocycles. The van der Waals surface area contributed by atoms with E-state index in [0.717, 1.165) is 28.6 Å². The quantitative estimate of drug-likeness (QED) is 0.814. The van der Waals surface area contributed by atoms with Crippen LogP contribution >= 0.6 is 35.0 Å². The van der Waals surface area contributed by atoms with Gasteiger partial charge >= 0.3 is 0 Å². The number of nitrogens with zero attached hydrogens (tertiary/aromatic N) is 1. The highest BCUT2D eigenvalue weighted by atomic mass is 127. The van der Waals surface area contributed by atoms with Gasteiger partial charge in [-0.3, -0.25) is 4.79 Å². The van der Waals surface area contributed by atoms with Gasteiger partial charge in [-0.2, -0.15) is 0 Å². The Balaban J connectivity index is 0.00000144. The molecule has 0 unspecified atom stereocenters. The van der Waals surface area contributed by atoms with Crippen LogP contribution in [-0.4, -0.2) is 37.0 Å². The minimum atomic E-state index is 0. The molecule has 5 heteroatoms. The highest BCUT2D eigenvalue weighted by molar-refractivity contribution is 14.1. The van der Waals surface area contributed by atoms with Crippen molar-refractivity contribution < 1.29 is 4.79 Å². The molecule has 0 saturated carbocycles. The zero-order chi connectivity index (χ0) is 11.5. The second-order valence-electron chi connectivity index (χ2n) is 4.04. The number of hydrogen-bond acceptors (Lipinski definition) is 2. The number of carbonyl (C=O) groups excluding carboxylic acids is 1. The molecule has 1 atom stereocenters. The first kappa shape index (κ1) is 14.7. The van der Waals surface area contributed by atoms with E-state index in [-0.39, 0.29) is 18.3 Å². The molecule has 1 aromatic carbocycles. The van der Waals surface area contributed by atoms with Crippen LogP contribution in [0.3, 0.4) is 0 Å². The molecule has 0 aromatic heterocycles. The highest BCUT2D eigenvalue weighted by Crippen LogP contribution is 2.16. The Morgan fingerprint density at radius 1 is 1.47 bits per heavy atom. The van der Waals surface area contributed by atoms with Crippen molar-refractivity contribution in [3.8, 4) is 0 Å². The van der Waals surface area contributed by atoms with Crippen molar-refractivity contribution >= 4 is 40.9 Å². The van der Waals surface area contributed by atoms with E-state index in [1.165, 1.54) is 0 Å². The third-order valence-electron chi connectivity index (χ3n) is 3.01. The number of halogens is 2. The van der Waals surface area contributed by atoms with Gasteiger partial charge in [0.2, 0.25) is 0 Å². The van der Waals surface area contributed by atoms with E-state index in [9.17, 15) is 4.79 Å². The van der Waals surface area contributed by atoms with E-state index in [1.54, 1.807) is 0 Å². The first-order valence-electron chi connectivity index (χ1n) is 5.42. The molecule has 17 heavy (non-hydrogen) atoms. The molecule has 0 radical (unpaired) electrons. The van der Waals surface area contributed by atoms with Gasteiger partial charge in [-0.1, -0.05) is 12.1 Å². The molecule has 1 fully saturated rings. The van der Waals surface area contributed by atoms with Crippen LogP contribution in [0.1, 0.15) is 16.8 Å². The van der Waals surface area contributed by atoms with Crippen LogP contribution in [0, 0.1) is 3.57 Å². The van der Waals surface area contributed by atoms with Crippen LogP contribution in [-0.2, 0) is 0 Å². The number of benzene rings is 1. The molecule has 1 heterocycles. The fourth-order valence-corrected chi connectivity index (χ4v) is 2.58. The summed E-state index contributed by atoms with van der Waals surface area (Å²) >= 11 is 2.21. The van der Waals surface area contributed by atoms with Gasteiger partial charge in [0.1, 0.15) is 0 Å². The van der Waals surface area contributed by atoms with Gasteiger partial charge in [-0.25, -0.2) is 0 Å². The Morgan fingerprint density at radius 3 is 2.76 bits per heavy atom. The molecule has 1 aliphatic heterocycles. The molecule has 0 spiro atoms. The molecule has 2 rings (SSSR count). The number of carbonyl (C=O) groups is 1. The number of hydrogen-bond donors (Lipinski definition) is 1. The zero-order valence-electron chi connectivity index (χ0n) is 9.65. The molecule has 3 nitrogen and oxygen atoms in total. The second-order valence-corrected chi connectivity index (χ2v) is 5.20. The third kappa shape index (κ3) is 3.33. The molecule has 1 aromatic rings. The van der Waals surface area contributed by atoms with Gasteiger partial charge < -0.3 is 10.2 Å². The monoisotopic (exact) mass is 366 g/mol. The number of rotatable bonds is 2. The van der Waals surface area contributed by atoms with Gasteiger partial charge in [0, 0.05) is 23.2 Å². The summed E-state index contributed by atoms with van der Waals surface area (Å²) in [6.07, 6.45) is 1.05. The largest absolute Gasteiger partial charge is 0.337 e. The fourth-order valence-electron chi connectivity index (χ4n) is 1.96. The fraction of sp³-hybridized carbons (Fsp3) is 0.417. The van der Waals surface area contributed by atoms with E-state index in [2.05, 4.69) is 27.9 Å². The van der Waals surface area contributed by atoms with E-state index >= 15 is 0 Å². The van der Waals surface area contributed by atoms with Crippen LogP contribution in [0.2, 0.25) is 0 Å². The summed E-state index contributed by atoms with van der Waals surface area (Å²) in [7, 11) is 1.89. The first-order chi connectivity index (χ1) is 7.70. The zero-order valence-corrected chi connectivity index (χ0v) is 12.6. The minimum Gasteiger partial charge on any atom is -0.337 e. The molecule has 94 valence electrons. The van der Waals surface area contributed by atoms with E-state index in [1.807, 2.05) is 36.2 Å². The number of amides is 1. The molecule has 0 aliphatic carbocycles. The van der Waals surface area contributed by atoms with Crippen molar-refractivity contribution in [2.75, 3.05) is 20.1 Å². The smallest absolute Gasteiger partial charge is 0.254 e. The third-order valence-corrected chi connectivity index (χ3v) is 3.95. The molecular formula is C12H16ClIN2O. The maximum Gasteiger partial charge on any atom is 0.254 e. The van der Waals surface area contributed by atoms with Crippen LogP contribution in [0.15, 0.2) is 24.3 Å². The Kier molecular flexibility index (Phi) is 5.69. The van der Waals surface area contributed by atoms with Crippen LogP contribution in [0.25, 0.3) is 0 Å². The van der Waals surface area contributed by atoms with Crippen LogP contribution in [0.4, 0.5) is 0 Å². The van der Waals surface area contributed by atoms with Crippen molar-refractivity contribution in [2.24, 2.45) is 0 Å². The maximum atomic E-state index is 12.2. The lowest BCUT2D eigenvalue weighted by Gasteiger charge is -2.24. The van der Waals surface area contributed by atoms with Crippen LogP contribution in [0.5, 0.6) is 0 Å². The lowest BCUT2D eigenvalue weighted by molar-refractivity contribution is 0.0742. The topological polar surface area (TPSA) is 32.3 Å². The minimum absolute atomic E-state index is 0. The van der Waals surface area contributed by atoms with Crippen molar-refractivity contribution in [1.82, 2.24) is 10.2 Å². The summed E-state index contributed by atoms with van der Waals surface area (Å²) < 4.78 is 1.02. The molecule has 1 N–H and O–H groups in total. The Hall–Kier alpha value is -0.330. The Bertz CT molecular complexity index is 394. The van der Waals surface area contributed by atoms with E-state index in [0.29, 0.717) is 6.04 Å².